The number of carbonyl (C=O) groups is 2. The van der Waals surface area contributed by atoms with E-state index in [0.29, 0.717) is 28.3 Å². The molecule has 0 aliphatic rings. The van der Waals surface area contributed by atoms with Gasteiger partial charge in [-0.05, 0) is 24.3 Å². The van der Waals surface area contributed by atoms with Gasteiger partial charge in [-0.2, -0.15) is 0 Å². The van der Waals surface area contributed by atoms with E-state index in [1.165, 1.54) is 22.7 Å². The molecule has 0 saturated carbocycles. The number of anilines is 2. The zero-order valence-corrected chi connectivity index (χ0v) is 18.0. The molecule has 0 atom stereocenters. The number of hydrogen-bond donors (Lipinski definition) is 2. The molecule has 0 aliphatic carbocycles. The molecule has 3 aromatic rings. The molecule has 0 aliphatic heterocycles. The second-order valence-electron chi connectivity index (χ2n) is 6.13. The highest BCUT2D eigenvalue weighted by Crippen LogP contribution is 2.28. The molecule has 3 aromatic heterocycles. The molecule has 2 N–H and O–H groups in total. The van der Waals surface area contributed by atoms with Gasteiger partial charge in [0.1, 0.15) is 5.01 Å². The van der Waals surface area contributed by atoms with Crippen molar-refractivity contribution in [3.05, 3.63) is 38.5 Å². The standard InChI is InChI=1S/C18H21N5O2S3/c1-3-11(4-2)16-22-23-18(28-16)21-14(24)8-12-10-27-17(19-12)20-15(25)9-13-6-5-7-26-13/h5-7,10-11H,3-4,8-9H2,1-2H3,(H,19,20,25)(H,21,23,24). The van der Waals surface area contributed by atoms with E-state index >= 15 is 0 Å². The summed E-state index contributed by atoms with van der Waals surface area (Å²) in [5.41, 5.74) is 0.610. The summed E-state index contributed by atoms with van der Waals surface area (Å²) in [4.78, 5) is 29.6. The highest BCUT2D eigenvalue weighted by atomic mass is 32.1. The lowest BCUT2D eigenvalue weighted by Crippen LogP contribution is -2.15. The number of nitrogens with one attached hydrogen (secondary N) is 2. The third-order valence-corrected chi connectivity index (χ3v) is 6.76. The van der Waals surface area contributed by atoms with Crippen LogP contribution in [0.25, 0.3) is 0 Å². The molecule has 0 fully saturated rings. The maximum absolute atomic E-state index is 12.2. The van der Waals surface area contributed by atoms with Crippen LogP contribution >= 0.6 is 34.0 Å². The summed E-state index contributed by atoms with van der Waals surface area (Å²) >= 11 is 4.27. The van der Waals surface area contributed by atoms with Gasteiger partial charge in [0.15, 0.2) is 5.13 Å². The lowest BCUT2D eigenvalue weighted by molar-refractivity contribution is -0.116. The highest BCUT2D eigenvalue weighted by molar-refractivity contribution is 7.15. The van der Waals surface area contributed by atoms with E-state index in [-0.39, 0.29) is 18.2 Å². The van der Waals surface area contributed by atoms with E-state index in [1.54, 1.807) is 16.7 Å². The third kappa shape index (κ3) is 5.66. The minimum Gasteiger partial charge on any atom is -0.302 e. The molecule has 0 bridgehead atoms. The van der Waals surface area contributed by atoms with Crippen LogP contribution in [0.1, 0.15) is 48.2 Å². The predicted molar refractivity (Wildman–Crippen MR) is 114 cm³/mol. The van der Waals surface area contributed by atoms with Gasteiger partial charge in [0.25, 0.3) is 0 Å². The summed E-state index contributed by atoms with van der Waals surface area (Å²) in [6.45, 7) is 4.24. The monoisotopic (exact) mass is 435 g/mol. The van der Waals surface area contributed by atoms with Crippen molar-refractivity contribution < 1.29 is 9.59 Å². The first-order chi connectivity index (χ1) is 13.6. The fourth-order valence-electron chi connectivity index (χ4n) is 2.60. The summed E-state index contributed by atoms with van der Waals surface area (Å²) < 4.78 is 0. The number of hydrogen-bond acceptors (Lipinski definition) is 8. The molecule has 7 nitrogen and oxygen atoms in total. The van der Waals surface area contributed by atoms with Crippen LogP contribution in [0.5, 0.6) is 0 Å². The minimum atomic E-state index is -0.200. The second kappa shape index (κ2) is 9.85. The van der Waals surface area contributed by atoms with Crippen molar-refractivity contribution in [1.29, 1.82) is 0 Å². The maximum Gasteiger partial charge on any atom is 0.232 e. The second-order valence-corrected chi connectivity index (χ2v) is 9.03. The Labute approximate surface area is 175 Å². The van der Waals surface area contributed by atoms with Gasteiger partial charge in [-0.3, -0.25) is 9.59 Å². The first-order valence-electron chi connectivity index (χ1n) is 8.97. The smallest absolute Gasteiger partial charge is 0.232 e. The number of carbonyl (C=O) groups excluding carboxylic acids is 2. The molecular weight excluding hydrogens is 414 g/mol. The molecular formula is C18H21N5O2S3. The Morgan fingerprint density at radius 1 is 1.04 bits per heavy atom. The van der Waals surface area contributed by atoms with Gasteiger partial charge < -0.3 is 10.6 Å². The van der Waals surface area contributed by atoms with Crippen LogP contribution in [-0.2, 0) is 22.4 Å². The molecule has 3 rings (SSSR count). The summed E-state index contributed by atoms with van der Waals surface area (Å²) in [6, 6.07) is 3.84. The van der Waals surface area contributed by atoms with Crippen molar-refractivity contribution in [2.45, 2.75) is 45.4 Å². The Balaban J connectivity index is 1.50. The van der Waals surface area contributed by atoms with Gasteiger partial charge in [-0.25, -0.2) is 4.98 Å². The summed E-state index contributed by atoms with van der Waals surface area (Å²) in [5.74, 6) is 0.0617. The molecule has 10 heteroatoms. The third-order valence-electron chi connectivity index (χ3n) is 4.08. The zero-order valence-electron chi connectivity index (χ0n) is 15.6. The Hall–Kier alpha value is -2.17. The zero-order chi connectivity index (χ0) is 19.9. The SMILES string of the molecule is CCC(CC)c1nnc(NC(=O)Cc2csc(NC(=O)Cc3cccs3)n2)s1. The molecule has 28 heavy (non-hydrogen) atoms. The van der Waals surface area contributed by atoms with E-state index in [4.69, 9.17) is 0 Å². The molecule has 0 aromatic carbocycles. The summed E-state index contributed by atoms with van der Waals surface area (Å²) in [6.07, 6.45) is 2.44. The lowest BCUT2D eigenvalue weighted by atomic mass is 10.1. The number of nitrogens with zero attached hydrogens (tertiary/aromatic N) is 3. The number of aromatic nitrogens is 3. The van der Waals surface area contributed by atoms with E-state index in [9.17, 15) is 9.59 Å². The van der Waals surface area contributed by atoms with Gasteiger partial charge in [0.2, 0.25) is 16.9 Å². The van der Waals surface area contributed by atoms with Crippen LogP contribution in [0.2, 0.25) is 0 Å². The Bertz CT molecular complexity index is 915. The van der Waals surface area contributed by atoms with Gasteiger partial charge in [-0.1, -0.05) is 31.3 Å². The normalized spacial score (nSPS) is 11.0. The van der Waals surface area contributed by atoms with Crippen molar-refractivity contribution in [2.75, 3.05) is 10.6 Å². The Morgan fingerprint density at radius 2 is 1.79 bits per heavy atom. The molecule has 0 radical (unpaired) electrons. The Kier molecular flexibility index (Phi) is 7.24. The molecule has 148 valence electrons. The van der Waals surface area contributed by atoms with Crippen LogP contribution in [0.4, 0.5) is 10.3 Å². The predicted octanol–water partition coefficient (Wildman–Crippen LogP) is 4.32. The van der Waals surface area contributed by atoms with Crippen LogP contribution < -0.4 is 10.6 Å². The van der Waals surface area contributed by atoms with Gasteiger partial charge in [-0.15, -0.1) is 32.9 Å². The summed E-state index contributed by atoms with van der Waals surface area (Å²) in [5, 5.41) is 19.5. The van der Waals surface area contributed by atoms with Crippen molar-refractivity contribution >= 4 is 56.1 Å². The first kappa shape index (κ1) is 20.6. The average molecular weight is 436 g/mol. The van der Waals surface area contributed by atoms with Crippen molar-refractivity contribution in [3.8, 4) is 0 Å². The lowest BCUT2D eigenvalue weighted by Gasteiger charge is -2.05. The molecule has 0 spiro atoms. The fraction of sp³-hybridized carbons (Fsp3) is 0.389. The number of thiazole rings is 1. The van der Waals surface area contributed by atoms with Gasteiger partial charge in [0, 0.05) is 16.2 Å². The van der Waals surface area contributed by atoms with E-state index in [2.05, 4.69) is 39.7 Å². The van der Waals surface area contributed by atoms with E-state index in [0.717, 1.165) is 22.7 Å². The maximum atomic E-state index is 12.2. The van der Waals surface area contributed by atoms with E-state index in [1.807, 2.05) is 17.5 Å². The number of thiophene rings is 1. The number of rotatable bonds is 9. The largest absolute Gasteiger partial charge is 0.302 e. The topological polar surface area (TPSA) is 96.9 Å². The molecule has 3 heterocycles. The number of amides is 2. The van der Waals surface area contributed by atoms with Crippen LogP contribution in [0.15, 0.2) is 22.9 Å². The highest BCUT2D eigenvalue weighted by Gasteiger charge is 2.16. The molecule has 2 amide bonds. The van der Waals surface area contributed by atoms with Crippen molar-refractivity contribution in [3.63, 3.8) is 0 Å². The quantitative estimate of drug-likeness (QED) is 0.522. The van der Waals surface area contributed by atoms with Crippen molar-refractivity contribution in [2.24, 2.45) is 0 Å². The van der Waals surface area contributed by atoms with Crippen molar-refractivity contribution in [1.82, 2.24) is 15.2 Å². The minimum absolute atomic E-state index is 0.115. The van der Waals surface area contributed by atoms with Gasteiger partial charge >= 0.3 is 0 Å². The molecule has 0 saturated heterocycles. The van der Waals surface area contributed by atoms with Crippen LogP contribution in [-0.4, -0.2) is 27.0 Å². The average Bonchev–Trinajstić information content (AvgIpc) is 3.40. The van der Waals surface area contributed by atoms with Gasteiger partial charge in [0.05, 0.1) is 18.5 Å². The molecule has 0 unspecified atom stereocenters. The van der Waals surface area contributed by atoms with Crippen LogP contribution in [0.3, 0.4) is 0 Å². The van der Waals surface area contributed by atoms with E-state index < -0.39 is 0 Å². The fourth-order valence-corrected chi connectivity index (χ4v) is 5.05. The summed E-state index contributed by atoms with van der Waals surface area (Å²) in [7, 11) is 0. The first-order valence-corrected chi connectivity index (χ1v) is 11.5. The van der Waals surface area contributed by atoms with Crippen LogP contribution in [0, 0.1) is 0 Å². The Morgan fingerprint density at radius 3 is 2.50 bits per heavy atom.